The fourth-order valence-electron chi connectivity index (χ4n) is 3.07. The van der Waals surface area contributed by atoms with Gasteiger partial charge in [0.2, 0.25) is 15.9 Å². The Bertz CT molecular complexity index is 759. The maximum Gasteiger partial charge on any atom is 0.417 e. The van der Waals surface area contributed by atoms with Gasteiger partial charge in [-0.2, -0.15) is 17.9 Å². The van der Waals surface area contributed by atoms with E-state index in [2.05, 4.69) is 4.72 Å². The Morgan fingerprint density at radius 1 is 1.33 bits per heavy atom. The lowest BCUT2D eigenvalue weighted by Gasteiger charge is -2.36. The van der Waals surface area contributed by atoms with E-state index in [4.69, 9.17) is 5.73 Å². The summed E-state index contributed by atoms with van der Waals surface area (Å²) in [6.07, 6.45) is -2.40. The summed E-state index contributed by atoms with van der Waals surface area (Å²) < 4.78 is 66.2. The third-order valence-corrected chi connectivity index (χ3v) is 5.97. The topological polar surface area (TPSA) is 92.5 Å². The van der Waals surface area contributed by atoms with Gasteiger partial charge in [0, 0.05) is 19.1 Å². The number of halogens is 4. The molecule has 1 amide bonds. The molecule has 0 spiro atoms. The lowest BCUT2D eigenvalue weighted by Crippen LogP contribution is -2.54. The van der Waals surface area contributed by atoms with Gasteiger partial charge in [-0.25, -0.2) is 8.42 Å². The first-order valence-electron chi connectivity index (χ1n) is 8.27. The van der Waals surface area contributed by atoms with Gasteiger partial charge in [-0.1, -0.05) is 12.1 Å². The van der Waals surface area contributed by atoms with Gasteiger partial charge in [0.05, 0.1) is 16.5 Å². The Labute approximate surface area is 162 Å². The molecule has 27 heavy (non-hydrogen) atoms. The smallest absolute Gasteiger partial charge is 0.337 e. The fourth-order valence-corrected chi connectivity index (χ4v) is 4.49. The molecule has 0 aromatic heterocycles. The van der Waals surface area contributed by atoms with E-state index in [-0.39, 0.29) is 25.0 Å². The third-order valence-electron chi connectivity index (χ3n) is 4.37. The van der Waals surface area contributed by atoms with Gasteiger partial charge in [0.1, 0.15) is 0 Å². The fraction of sp³-hybridized carbons (Fsp3) is 0.562. The van der Waals surface area contributed by atoms with Gasteiger partial charge in [0.15, 0.2) is 0 Å². The summed E-state index contributed by atoms with van der Waals surface area (Å²) in [6, 6.07) is 2.47. The van der Waals surface area contributed by atoms with E-state index in [9.17, 15) is 26.4 Å². The first-order valence-corrected chi connectivity index (χ1v) is 9.75. The lowest BCUT2D eigenvalue weighted by molar-refractivity contribution is -0.139. The minimum atomic E-state index is -4.82. The highest BCUT2D eigenvalue weighted by molar-refractivity contribution is 7.89. The summed E-state index contributed by atoms with van der Waals surface area (Å²) in [5, 5.41) is 0. The molecule has 0 radical (unpaired) electrons. The van der Waals surface area contributed by atoms with E-state index in [0.717, 1.165) is 31.4 Å². The number of piperidine rings is 1. The highest BCUT2D eigenvalue weighted by Crippen LogP contribution is 2.34. The van der Waals surface area contributed by atoms with E-state index in [1.165, 1.54) is 17.9 Å². The molecule has 0 aliphatic carbocycles. The Morgan fingerprint density at radius 3 is 2.56 bits per heavy atom. The van der Waals surface area contributed by atoms with Crippen LogP contribution in [0.4, 0.5) is 13.2 Å². The van der Waals surface area contributed by atoms with Crippen LogP contribution in [0.2, 0.25) is 0 Å². The SMILES string of the molecule is CC(NS(=O)(=O)c1ccccc1C(F)(F)F)C(=O)N1CCCCC1CN.Cl. The summed E-state index contributed by atoms with van der Waals surface area (Å²) in [6.45, 7) is 2.02. The average molecular weight is 430 g/mol. The minimum Gasteiger partial charge on any atom is -0.337 e. The molecule has 154 valence electrons. The summed E-state index contributed by atoms with van der Waals surface area (Å²) in [5.74, 6) is -0.492. The zero-order valence-electron chi connectivity index (χ0n) is 14.7. The standard InChI is InChI=1S/C16H22F3N3O3S.ClH/c1-11(15(23)22-9-5-4-6-12(22)10-20)21-26(24,25)14-8-3-2-7-13(14)16(17,18)19;/h2-3,7-8,11-12,21H,4-6,9-10,20H2,1H3;1H. The van der Waals surface area contributed by atoms with E-state index in [1.54, 1.807) is 0 Å². The summed E-state index contributed by atoms with van der Waals surface area (Å²) in [5.41, 5.74) is 4.39. The molecule has 2 rings (SSSR count). The van der Waals surface area contributed by atoms with Gasteiger partial charge < -0.3 is 10.6 Å². The normalized spacial score (nSPS) is 19.3. The predicted octanol–water partition coefficient (Wildman–Crippen LogP) is 2.13. The Balaban J connectivity index is 0.00000364. The molecule has 2 unspecified atom stereocenters. The number of nitrogens with zero attached hydrogens (tertiary/aromatic N) is 1. The number of benzene rings is 1. The van der Waals surface area contributed by atoms with Crippen molar-refractivity contribution in [1.29, 1.82) is 0 Å². The Morgan fingerprint density at radius 2 is 1.96 bits per heavy atom. The van der Waals surface area contributed by atoms with Crippen molar-refractivity contribution < 1.29 is 26.4 Å². The number of nitrogens with one attached hydrogen (secondary N) is 1. The van der Waals surface area contributed by atoms with Gasteiger partial charge in [0.25, 0.3) is 0 Å². The molecule has 3 N–H and O–H groups in total. The number of carbonyl (C=O) groups excluding carboxylic acids is 1. The van der Waals surface area contributed by atoms with Gasteiger partial charge >= 0.3 is 6.18 Å². The van der Waals surface area contributed by atoms with Crippen molar-refractivity contribution in [2.24, 2.45) is 5.73 Å². The van der Waals surface area contributed by atoms with Crippen molar-refractivity contribution in [2.45, 2.75) is 49.3 Å². The van der Waals surface area contributed by atoms with Crippen LogP contribution in [0.3, 0.4) is 0 Å². The molecule has 1 aliphatic heterocycles. The van der Waals surface area contributed by atoms with Gasteiger partial charge in [-0.15, -0.1) is 12.4 Å². The van der Waals surface area contributed by atoms with Crippen molar-refractivity contribution in [3.05, 3.63) is 29.8 Å². The van der Waals surface area contributed by atoms with Crippen LogP contribution in [-0.4, -0.2) is 44.4 Å². The molecule has 1 saturated heterocycles. The lowest BCUT2D eigenvalue weighted by atomic mass is 10.0. The molecule has 11 heteroatoms. The summed E-state index contributed by atoms with van der Waals surface area (Å²) in [7, 11) is -4.53. The number of hydrogen-bond donors (Lipinski definition) is 2. The number of alkyl halides is 3. The van der Waals surface area contributed by atoms with Gasteiger partial charge in [-0.05, 0) is 38.3 Å². The number of carbonyl (C=O) groups is 1. The average Bonchev–Trinajstić information content (AvgIpc) is 2.60. The number of hydrogen-bond acceptors (Lipinski definition) is 4. The zero-order valence-corrected chi connectivity index (χ0v) is 16.3. The van der Waals surface area contributed by atoms with Gasteiger partial charge in [-0.3, -0.25) is 4.79 Å². The van der Waals surface area contributed by atoms with Crippen molar-refractivity contribution >= 4 is 28.3 Å². The molecule has 2 atom stereocenters. The summed E-state index contributed by atoms with van der Waals surface area (Å²) in [4.78, 5) is 13.2. The minimum absolute atomic E-state index is 0. The van der Waals surface area contributed by atoms with Crippen molar-refractivity contribution in [1.82, 2.24) is 9.62 Å². The number of likely N-dealkylation sites (tertiary alicyclic amines) is 1. The Hall–Kier alpha value is -1.36. The van der Waals surface area contributed by atoms with Crippen molar-refractivity contribution in [3.8, 4) is 0 Å². The van der Waals surface area contributed by atoms with Crippen LogP contribution in [0.1, 0.15) is 31.7 Å². The second kappa shape index (κ2) is 9.22. The second-order valence-corrected chi connectivity index (χ2v) is 7.94. The van der Waals surface area contributed by atoms with Crippen molar-refractivity contribution in [3.63, 3.8) is 0 Å². The largest absolute Gasteiger partial charge is 0.417 e. The maximum absolute atomic E-state index is 13.1. The van der Waals surface area contributed by atoms with E-state index in [0.29, 0.717) is 12.6 Å². The first-order chi connectivity index (χ1) is 12.1. The highest BCUT2D eigenvalue weighted by Gasteiger charge is 2.38. The maximum atomic E-state index is 13.1. The second-order valence-electron chi connectivity index (χ2n) is 6.25. The van der Waals surface area contributed by atoms with Crippen LogP contribution in [0.15, 0.2) is 29.2 Å². The first kappa shape index (κ1) is 23.7. The molecular weight excluding hydrogens is 407 g/mol. The van der Waals surface area contributed by atoms with Crippen LogP contribution < -0.4 is 10.5 Å². The van der Waals surface area contributed by atoms with Crippen molar-refractivity contribution in [2.75, 3.05) is 13.1 Å². The van der Waals surface area contributed by atoms with Crippen LogP contribution >= 0.6 is 12.4 Å². The third kappa shape index (κ3) is 5.56. The van der Waals surface area contributed by atoms with Crippen LogP contribution in [0.25, 0.3) is 0 Å². The van der Waals surface area contributed by atoms with E-state index >= 15 is 0 Å². The molecule has 1 fully saturated rings. The monoisotopic (exact) mass is 429 g/mol. The van der Waals surface area contributed by atoms with Crippen LogP contribution in [0, 0.1) is 0 Å². The van der Waals surface area contributed by atoms with E-state index in [1.807, 2.05) is 0 Å². The predicted molar refractivity (Wildman–Crippen MR) is 96.9 cm³/mol. The Kier molecular flexibility index (Phi) is 8.09. The molecule has 0 saturated carbocycles. The number of amides is 1. The van der Waals surface area contributed by atoms with Crippen LogP contribution in [-0.2, 0) is 21.0 Å². The number of nitrogens with two attached hydrogens (primary N) is 1. The zero-order chi connectivity index (χ0) is 19.5. The molecule has 1 aliphatic rings. The molecule has 0 bridgehead atoms. The molecule has 1 aromatic carbocycles. The highest BCUT2D eigenvalue weighted by atomic mass is 35.5. The number of rotatable bonds is 5. The molecule has 1 aromatic rings. The number of sulfonamides is 1. The summed E-state index contributed by atoms with van der Waals surface area (Å²) >= 11 is 0. The molecular formula is C16H23ClF3N3O3S. The van der Waals surface area contributed by atoms with E-state index < -0.39 is 38.6 Å². The molecule has 6 nitrogen and oxygen atoms in total. The molecule has 1 heterocycles. The quantitative estimate of drug-likeness (QED) is 0.750. The van der Waals surface area contributed by atoms with Crippen LogP contribution in [0.5, 0.6) is 0 Å².